The summed E-state index contributed by atoms with van der Waals surface area (Å²) in [4.78, 5) is 17.6. The van der Waals surface area contributed by atoms with Gasteiger partial charge in [0.1, 0.15) is 0 Å². The van der Waals surface area contributed by atoms with Gasteiger partial charge in [0.25, 0.3) is 5.56 Å². The average Bonchev–Trinajstić information content (AvgIpc) is 2.70. The van der Waals surface area contributed by atoms with Crippen molar-refractivity contribution in [1.82, 2.24) is 9.55 Å². The number of hydrogen-bond acceptors (Lipinski definition) is 4. The molecule has 5 nitrogen and oxygen atoms in total. The van der Waals surface area contributed by atoms with Crippen LogP contribution in [0.3, 0.4) is 0 Å². The van der Waals surface area contributed by atoms with Crippen LogP contribution in [0, 0.1) is 0 Å². The number of nitrogens with zero attached hydrogens (tertiary/aromatic N) is 3. The lowest BCUT2D eigenvalue weighted by Gasteiger charge is -2.12. The molecule has 4 rings (SSSR count). The highest BCUT2D eigenvalue weighted by Crippen LogP contribution is 2.20. The van der Waals surface area contributed by atoms with Crippen molar-refractivity contribution in [2.45, 2.75) is 0 Å². The minimum Gasteiger partial charge on any atom is -0.268 e. The maximum atomic E-state index is 13.1. The van der Waals surface area contributed by atoms with Gasteiger partial charge >= 0.3 is 0 Å². The molecule has 0 amide bonds. The Hall–Kier alpha value is -3.15. The van der Waals surface area contributed by atoms with Gasteiger partial charge in [-0.2, -0.15) is 5.10 Å². The number of hydrazone groups is 1. The second-order valence-corrected chi connectivity index (χ2v) is 6.81. The van der Waals surface area contributed by atoms with Crippen molar-refractivity contribution in [2.75, 3.05) is 5.43 Å². The van der Waals surface area contributed by atoms with Gasteiger partial charge in [-0.1, -0.05) is 59.6 Å². The number of nitrogens with one attached hydrogen (secondary N) is 1. The van der Waals surface area contributed by atoms with Gasteiger partial charge < -0.3 is 0 Å². The van der Waals surface area contributed by atoms with Gasteiger partial charge in [0.15, 0.2) is 0 Å². The van der Waals surface area contributed by atoms with Crippen LogP contribution in [0.25, 0.3) is 16.6 Å². The normalized spacial score (nSPS) is 11.2. The van der Waals surface area contributed by atoms with E-state index in [-0.39, 0.29) is 5.56 Å². The molecule has 0 aliphatic heterocycles. The van der Waals surface area contributed by atoms with Crippen molar-refractivity contribution in [3.8, 4) is 5.69 Å². The molecule has 138 valence electrons. The maximum Gasteiger partial charge on any atom is 0.267 e. The molecule has 0 spiro atoms. The van der Waals surface area contributed by atoms with E-state index < -0.39 is 0 Å². The minimum absolute atomic E-state index is 0.181. The van der Waals surface area contributed by atoms with E-state index in [1.54, 1.807) is 36.5 Å². The highest BCUT2D eigenvalue weighted by Gasteiger charge is 2.12. The molecule has 1 aromatic heterocycles. The Kier molecular flexibility index (Phi) is 5.10. The molecule has 0 atom stereocenters. The van der Waals surface area contributed by atoms with Crippen molar-refractivity contribution in [3.63, 3.8) is 0 Å². The number of anilines is 1. The first-order valence-electron chi connectivity index (χ1n) is 8.45. The Labute approximate surface area is 170 Å². The zero-order valence-electron chi connectivity index (χ0n) is 14.5. The molecule has 0 fully saturated rings. The van der Waals surface area contributed by atoms with Crippen molar-refractivity contribution >= 4 is 46.3 Å². The zero-order valence-corrected chi connectivity index (χ0v) is 16.0. The molecule has 0 radical (unpaired) electrons. The quantitative estimate of drug-likeness (QED) is 0.375. The van der Waals surface area contributed by atoms with Gasteiger partial charge in [-0.05, 0) is 36.4 Å². The van der Waals surface area contributed by atoms with E-state index in [1.807, 2.05) is 42.5 Å². The van der Waals surface area contributed by atoms with Gasteiger partial charge in [-0.15, -0.1) is 0 Å². The van der Waals surface area contributed by atoms with E-state index in [0.717, 1.165) is 0 Å². The van der Waals surface area contributed by atoms with Crippen LogP contribution in [-0.4, -0.2) is 15.8 Å². The summed E-state index contributed by atoms with van der Waals surface area (Å²) < 4.78 is 1.49. The van der Waals surface area contributed by atoms with Crippen LogP contribution in [0.15, 0.2) is 82.7 Å². The number of hydrogen-bond donors (Lipinski definition) is 1. The van der Waals surface area contributed by atoms with Gasteiger partial charge in [0, 0.05) is 10.6 Å². The lowest BCUT2D eigenvalue weighted by atomic mass is 10.2. The Morgan fingerprint density at radius 1 is 0.964 bits per heavy atom. The van der Waals surface area contributed by atoms with E-state index in [4.69, 9.17) is 23.2 Å². The second-order valence-electron chi connectivity index (χ2n) is 5.96. The van der Waals surface area contributed by atoms with Crippen LogP contribution in [0.2, 0.25) is 10.0 Å². The van der Waals surface area contributed by atoms with Crippen molar-refractivity contribution < 1.29 is 0 Å². The third-order valence-corrected chi connectivity index (χ3v) is 4.68. The lowest BCUT2D eigenvalue weighted by molar-refractivity contribution is 0.956. The summed E-state index contributed by atoms with van der Waals surface area (Å²) in [6.45, 7) is 0. The summed E-state index contributed by atoms with van der Waals surface area (Å²) >= 11 is 12.1. The minimum atomic E-state index is -0.181. The number of para-hydroxylation sites is 2. The number of rotatable bonds is 4. The molecule has 0 aliphatic rings. The fraction of sp³-hybridized carbons (Fsp3) is 0. The van der Waals surface area contributed by atoms with Gasteiger partial charge in [0.2, 0.25) is 5.95 Å². The summed E-state index contributed by atoms with van der Waals surface area (Å²) in [5.74, 6) is 0.302. The fourth-order valence-electron chi connectivity index (χ4n) is 2.79. The first-order valence-corrected chi connectivity index (χ1v) is 9.20. The molecule has 28 heavy (non-hydrogen) atoms. The van der Waals surface area contributed by atoms with E-state index in [0.29, 0.717) is 38.1 Å². The maximum absolute atomic E-state index is 13.1. The summed E-state index contributed by atoms with van der Waals surface area (Å²) in [6.07, 6.45) is 1.55. The van der Waals surface area contributed by atoms with Crippen LogP contribution < -0.4 is 11.0 Å². The molecule has 0 bridgehead atoms. The molecule has 1 N–H and O–H groups in total. The molecule has 7 heteroatoms. The zero-order chi connectivity index (χ0) is 19.5. The van der Waals surface area contributed by atoms with Crippen LogP contribution in [-0.2, 0) is 0 Å². The van der Waals surface area contributed by atoms with Crippen molar-refractivity contribution in [3.05, 3.63) is 98.8 Å². The summed E-state index contributed by atoms with van der Waals surface area (Å²) in [6, 6.07) is 21.6. The first-order chi connectivity index (χ1) is 13.6. The Balaban J connectivity index is 1.79. The monoisotopic (exact) mass is 408 g/mol. The van der Waals surface area contributed by atoms with Crippen molar-refractivity contribution in [2.24, 2.45) is 5.10 Å². The van der Waals surface area contributed by atoms with E-state index in [2.05, 4.69) is 15.5 Å². The highest BCUT2D eigenvalue weighted by atomic mass is 35.5. The van der Waals surface area contributed by atoms with Gasteiger partial charge in [-0.3, -0.25) is 4.79 Å². The molecular weight excluding hydrogens is 395 g/mol. The summed E-state index contributed by atoms with van der Waals surface area (Å²) in [5, 5.41) is 5.76. The number of halogens is 2. The summed E-state index contributed by atoms with van der Waals surface area (Å²) in [5.41, 5.74) is 4.64. The number of benzene rings is 3. The Bertz CT molecular complexity index is 1240. The predicted molar refractivity (Wildman–Crippen MR) is 115 cm³/mol. The summed E-state index contributed by atoms with van der Waals surface area (Å²) in [7, 11) is 0. The topological polar surface area (TPSA) is 59.3 Å². The van der Waals surface area contributed by atoms with Crippen LogP contribution in [0.5, 0.6) is 0 Å². The van der Waals surface area contributed by atoms with E-state index in [1.165, 1.54) is 4.57 Å². The number of fused-ring (bicyclic) bond motifs is 1. The fourth-order valence-corrected chi connectivity index (χ4v) is 3.25. The smallest absolute Gasteiger partial charge is 0.267 e. The van der Waals surface area contributed by atoms with Gasteiger partial charge in [0.05, 0.1) is 27.8 Å². The van der Waals surface area contributed by atoms with Gasteiger partial charge in [-0.25, -0.2) is 15.0 Å². The van der Waals surface area contributed by atoms with Crippen LogP contribution in [0.4, 0.5) is 5.95 Å². The molecule has 1 heterocycles. The molecule has 0 saturated heterocycles. The van der Waals surface area contributed by atoms with Crippen LogP contribution in [0.1, 0.15) is 5.56 Å². The lowest BCUT2D eigenvalue weighted by Crippen LogP contribution is -2.22. The Morgan fingerprint density at radius 3 is 2.50 bits per heavy atom. The molecule has 3 aromatic carbocycles. The molecular formula is C21H14Cl2N4O. The third-order valence-electron chi connectivity index (χ3n) is 4.12. The van der Waals surface area contributed by atoms with Crippen molar-refractivity contribution in [1.29, 1.82) is 0 Å². The van der Waals surface area contributed by atoms with E-state index >= 15 is 0 Å². The molecule has 0 saturated carbocycles. The largest absolute Gasteiger partial charge is 0.268 e. The van der Waals surface area contributed by atoms with Crippen LogP contribution >= 0.6 is 23.2 Å². The second kappa shape index (κ2) is 7.84. The molecule has 0 aliphatic carbocycles. The highest BCUT2D eigenvalue weighted by molar-refractivity contribution is 6.36. The third kappa shape index (κ3) is 3.63. The van der Waals surface area contributed by atoms with E-state index in [9.17, 15) is 4.79 Å². The standard InChI is InChI=1S/C21H14Cl2N4O/c22-15-11-10-14(18(23)12-15)13-24-26-21-25-19-9-5-4-8-17(19)20(28)27(21)16-6-2-1-3-7-16/h1-13H,(H,25,26). The average molecular weight is 409 g/mol. The first kappa shape index (κ1) is 18.2. The predicted octanol–water partition coefficient (Wildman–Crippen LogP) is 5.14. The Morgan fingerprint density at radius 2 is 1.71 bits per heavy atom. The SMILES string of the molecule is O=c1c2ccccc2nc(NN=Cc2ccc(Cl)cc2Cl)n1-c1ccccc1. The molecule has 0 unspecified atom stereocenters. The number of aromatic nitrogens is 2. The molecule has 4 aromatic rings.